The van der Waals surface area contributed by atoms with Crippen LogP contribution < -0.4 is 4.74 Å². The van der Waals surface area contributed by atoms with Gasteiger partial charge in [0, 0.05) is 54.5 Å². The number of Topliss-reactive ketones (excluding diaryl/α,β-unsaturated/α-hetero) is 1. The van der Waals surface area contributed by atoms with Crippen molar-refractivity contribution < 1.29 is 9.53 Å². The number of aryl methyl sites for hydroxylation is 1. The summed E-state index contributed by atoms with van der Waals surface area (Å²) in [6, 6.07) is 18.3. The van der Waals surface area contributed by atoms with Gasteiger partial charge in [0.15, 0.2) is 5.78 Å². The minimum absolute atomic E-state index is 0.110. The molecule has 5 nitrogen and oxygen atoms in total. The van der Waals surface area contributed by atoms with E-state index in [1.165, 1.54) is 0 Å². The molecule has 1 atom stereocenters. The molecule has 0 saturated heterocycles. The second-order valence-electron chi connectivity index (χ2n) is 10.0. The zero-order chi connectivity index (χ0) is 27.1. The van der Waals surface area contributed by atoms with Gasteiger partial charge in [0.1, 0.15) is 12.4 Å². The van der Waals surface area contributed by atoms with Crippen LogP contribution in [-0.2, 0) is 0 Å². The van der Waals surface area contributed by atoms with Crippen molar-refractivity contribution in [2.75, 3.05) is 33.8 Å². The van der Waals surface area contributed by atoms with Crippen LogP contribution in [0.1, 0.15) is 70.4 Å². The number of likely N-dealkylation sites (N-methyl/N-ethyl adjacent to an activating group) is 1. The smallest absolute Gasteiger partial charge is 0.166 e. The Bertz CT molecular complexity index is 1370. The lowest BCUT2D eigenvalue weighted by Crippen LogP contribution is -2.27. The number of aliphatic imine (C=N–C) groups is 1. The van der Waals surface area contributed by atoms with Crippen molar-refractivity contribution in [1.29, 1.82) is 0 Å². The van der Waals surface area contributed by atoms with Crippen LogP contribution in [0.4, 0.5) is 0 Å². The number of ketones is 1. The number of allylic oxidation sites excluding steroid dienone is 1. The molecule has 5 heteroatoms. The number of carbonyl (C=O) groups excluding carboxylic acids is 1. The van der Waals surface area contributed by atoms with Crippen molar-refractivity contribution >= 4 is 17.1 Å². The molecule has 0 spiro atoms. The van der Waals surface area contributed by atoms with Gasteiger partial charge in [-0.3, -0.25) is 14.8 Å². The number of hydrogen-bond acceptors (Lipinski definition) is 5. The zero-order valence-corrected chi connectivity index (χ0v) is 23.0. The summed E-state index contributed by atoms with van der Waals surface area (Å²) in [5.41, 5.74) is 10.8. The quantitative estimate of drug-likeness (QED) is 0.282. The standard InChI is InChI=1S/C33H37N3O2/c1-6-25(20-24(3)30-10-7-8-16-35-30)26-13-12-23(2)28(21-26)33(34-4)27-14-15-32-29(22-27)31(37)11-9-17-36(5)18-19-38-32/h7-8,10,12-16,21-22,24H,1,9,11,17-20H2,2-5H3/t24-/m1/s1. The molecule has 0 saturated carbocycles. The van der Waals surface area contributed by atoms with E-state index in [1.54, 1.807) is 7.05 Å². The molecule has 38 heavy (non-hydrogen) atoms. The molecule has 4 rings (SSSR count). The maximum absolute atomic E-state index is 13.1. The highest BCUT2D eigenvalue weighted by Gasteiger charge is 2.19. The molecule has 2 aromatic carbocycles. The fraction of sp³-hybridized carbons (Fsp3) is 0.333. The van der Waals surface area contributed by atoms with E-state index in [0.717, 1.165) is 65.2 Å². The van der Waals surface area contributed by atoms with E-state index in [-0.39, 0.29) is 11.7 Å². The first-order valence-corrected chi connectivity index (χ1v) is 13.3. The van der Waals surface area contributed by atoms with Gasteiger partial charge < -0.3 is 9.64 Å². The van der Waals surface area contributed by atoms with Crippen molar-refractivity contribution in [2.45, 2.75) is 39.0 Å². The second kappa shape index (κ2) is 12.6. The number of benzene rings is 2. The van der Waals surface area contributed by atoms with E-state index in [4.69, 9.17) is 4.74 Å². The molecule has 1 aliphatic heterocycles. The highest BCUT2D eigenvalue weighted by Crippen LogP contribution is 2.30. The summed E-state index contributed by atoms with van der Waals surface area (Å²) in [6.45, 7) is 10.5. The van der Waals surface area contributed by atoms with Crippen molar-refractivity contribution in [3.05, 3.63) is 107 Å². The van der Waals surface area contributed by atoms with Crippen LogP contribution in [0.3, 0.4) is 0 Å². The van der Waals surface area contributed by atoms with E-state index in [1.807, 2.05) is 36.5 Å². The Kier molecular flexibility index (Phi) is 9.06. The van der Waals surface area contributed by atoms with Crippen LogP contribution in [0, 0.1) is 6.92 Å². The maximum atomic E-state index is 13.1. The summed E-state index contributed by atoms with van der Waals surface area (Å²) in [6.07, 6.45) is 3.94. The topological polar surface area (TPSA) is 54.8 Å². The Balaban J connectivity index is 1.66. The van der Waals surface area contributed by atoms with Crippen LogP contribution in [0.5, 0.6) is 5.75 Å². The van der Waals surface area contributed by atoms with Crippen LogP contribution in [0.2, 0.25) is 0 Å². The lowest BCUT2D eigenvalue weighted by Gasteiger charge is -2.20. The van der Waals surface area contributed by atoms with Gasteiger partial charge >= 0.3 is 0 Å². The fourth-order valence-electron chi connectivity index (χ4n) is 4.93. The van der Waals surface area contributed by atoms with E-state index >= 15 is 0 Å². The average Bonchev–Trinajstić information content (AvgIpc) is 2.93. The first-order chi connectivity index (χ1) is 18.4. The van der Waals surface area contributed by atoms with Crippen LogP contribution in [0.15, 0.2) is 78.1 Å². The molecule has 0 bridgehead atoms. The molecule has 0 fully saturated rings. The van der Waals surface area contributed by atoms with Crippen molar-refractivity contribution in [3.63, 3.8) is 0 Å². The predicted octanol–water partition coefficient (Wildman–Crippen LogP) is 6.51. The number of ether oxygens (including phenoxy) is 1. The molecule has 0 amide bonds. The van der Waals surface area contributed by atoms with Gasteiger partial charge in [0.25, 0.3) is 0 Å². The Morgan fingerprint density at radius 1 is 1.16 bits per heavy atom. The third kappa shape index (κ3) is 6.36. The number of aromatic nitrogens is 1. The predicted molar refractivity (Wildman–Crippen MR) is 156 cm³/mol. The first kappa shape index (κ1) is 27.3. The minimum atomic E-state index is 0.110. The molecule has 1 aromatic heterocycles. The summed E-state index contributed by atoms with van der Waals surface area (Å²) in [4.78, 5) is 24.5. The molecule has 0 unspecified atom stereocenters. The minimum Gasteiger partial charge on any atom is -0.491 e. The molecular weight excluding hydrogens is 470 g/mol. The largest absolute Gasteiger partial charge is 0.491 e. The third-order valence-electron chi connectivity index (χ3n) is 7.21. The van der Waals surface area contributed by atoms with Gasteiger partial charge in [-0.15, -0.1) is 5.73 Å². The van der Waals surface area contributed by atoms with Crippen LogP contribution in [-0.4, -0.2) is 55.2 Å². The zero-order valence-electron chi connectivity index (χ0n) is 23.0. The van der Waals surface area contributed by atoms with Gasteiger partial charge in [-0.2, -0.15) is 0 Å². The van der Waals surface area contributed by atoms with Crippen LogP contribution in [0.25, 0.3) is 5.57 Å². The molecule has 3 aromatic rings. The summed E-state index contributed by atoms with van der Waals surface area (Å²) < 4.78 is 6.02. The molecule has 2 heterocycles. The summed E-state index contributed by atoms with van der Waals surface area (Å²) >= 11 is 0. The SMILES string of the molecule is C=C=C(C[C@@H](C)c1ccccn1)c1ccc(C)c(C(=NC)c2ccc3c(c2)C(=O)CCCN(C)CCO3)c1. The first-order valence-electron chi connectivity index (χ1n) is 13.3. The Hall–Kier alpha value is -3.79. The summed E-state index contributed by atoms with van der Waals surface area (Å²) in [5, 5.41) is 0. The highest BCUT2D eigenvalue weighted by molar-refractivity contribution is 6.15. The Labute approximate surface area is 226 Å². The third-order valence-corrected chi connectivity index (χ3v) is 7.21. The molecule has 1 aliphatic rings. The number of pyridine rings is 1. The number of fused-ring (bicyclic) bond motifs is 1. The van der Waals surface area contributed by atoms with Gasteiger partial charge in [-0.25, -0.2) is 0 Å². The van der Waals surface area contributed by atoms with Crippen molar-refractivity contribution in [3.8, 4) is 5.75 Å². The van der Waals surface area contributed by atoms with Gasteiger partial charge in [0.2, 0.25) is 0 Å². The van der Waals surface area contributed by atoms with E-state index in [9.17, 15) is 4.79 Å². The average molecular weight is 508 g/mol. The van der Waals surface area contributed by atoms with Crippen LogP contribution >= 0.6 is 0 Å². The van der Waals surface area contributed by atoms with E-state index in [0.29, 0.717) is 24.3 Å². The lowest BCUT2D eigenvalue weighted by atomic mass is 9.89. The van der Waals surface area contributed by atoms with Gasteiger partial charge in [-0.05, 0) is 80.9 Å². The number of rotatable bonds is 6. The number of nitrogens with zero attached hydrogens (tertiary/aromatic N) is 3. The summed E-state index contributed by atoms with van der Waals surface area (Å²) in [7, 11) is 3.86. The lowest BCUT2D eigenvalue weighted by molar-refractivity contribution is 0.0965. The summed E-state index contributed by atoms with van der Waals surface area (Å²) in [5.74, 6) is 0.992. The molecule has 0 N–H and O–H groups in total. The fourth-order valence-corrected chi connectivity index (χ4v) is 4.93. The van der Waals surface area contributed by atoms with E-state index in [2.05, 4.69) is 72.3 Å². The molecular formula is C33H37N3O2. The number of carbonyl (C=O) groups is 1. The second-order valence-corrected chi connectivity index (χ2v) is 10.0. The maximum Gasteiger partial charge on any atom is 0.166 e. The monoisotopic (exact) mass is 507 g/mol. The normalized spacial score (nSPS) is 15.7. The Morgan fingerprint density at radius 2 is 1.97 bits per heavy atom. The van der Waals surface area contributed by atoms with Gasteiger partial charge in [0.05, 0.1) is 11.3 Å². The van der Waals surface area contributed by atoms with Crippen molar-refractivity contribution in [2.24, 2.45) is 4.99 Å². The van der Waals surface area contributed by atoms with E-state index < -0.39 is 0 Å². The molecule has 196 valence electrons. The molecule has 0 radical (unpaired) electrons. The highest BCUT2D eigenvalue weighted by atomic mass is 16.5. The Morgan fingerprint density at radius 3 is 2.71 bits per heavy atom. The number of hydrogen-bond donors (Lipinski definition) is 0. The van der Waals surface area contributed by atoms with Gasteiger partial charge in [-0.1, -0.05) is 31.7 Å². The molecule has 0 aliphatic carbocycles. The van der Waals surface area contributed by atoms with Crippen molar-refractivity contribution in [1.82, 2.24) is 9.88 Å².